The average Bonchev–Trinajstić information content (AvgIpc) is 2.78. The number of carbonyl (C=O) groups is 2. The first-order valence-corrected chi connectivity index (χ1v) is 12.3. The number of nitrogens with zero attached hydrogens (tertiary/aromatic N) is 3. The van der Waals surface area contributed by atoms with E-state index in [0.29, 0.717) is 11.4 Å². The van der Waals surface area contributed by atoms with Gasteiger partial charge in [-0.25, -0.2) is 9.97 Å². The van der Waals surface area contributed by atoms with Crippen molar-refractivity contribution >= 4 is 28.4 Å². The normalized spacial score (nSPS) is 17.7. The Balaban J connectivity index is 0.000000266. The van der Waals surface area contributed by atoms with E-state index in [1.807, 2.05) is 64.0 Å². The van der Waals surface area contributed by atoms with Crippen LogP contribution in [0.1, 0.15) is 66.1 Å². The van der Waals surface area contributed by atoms with E-state index in [4.69, 9.17) is 0 Å². The smallest absolute Gasteiger partial charge is 0.267 e. The zero-order chi connectivity index (χ0) is 26.1. The van der Waals surface area contributed by atoms with Crippen LogP contribution in [-0.4, -0.2) is 41.8 Å². The van der Waals surface area contributed by atoms with Gasteiger partial charge in [-0.2, -0.15) is 0 Å². The van der Waals surface area contributed by atoms with Crippen molar-refractivity contribution in [3.63, 3.8) is 0 Å². The number of rotatable bonds is 6. The Morgan fingerprint density at radius 1 is 1.00 bits per heavy atom. The molecule has 7 heteroatoms. The van der Waals surface area contributed by atoms with E-state index in [1.54, 1.807) is 6.92 Å². The maximum atomic E-state index is 12.4. The van der Waals surface area contributed by atoms with Crippen molar-refractivity contribution in [2.24, 2.45) is 5.92 Å². The highest BCUT2D eigenvalue weighted by Gasteiger charge is 2.21. The second-order valence-corrected chi connectivity index (χ2v) is 9.87. The van der Waals surface area contributed by atoms with E-state index in [9.17, 15) is 9.59 Å². The lowest BCUT2D eigenvalue weighted by atomic mass is 9.87. The van der Waals surface area contributed by atoms with E-state index < -0.39 is 0 Å². The number of nitrogens with one attached hydrogen (secondary N) is 2. The topological polar surface area (TPSA) is 87.2 Å². The summed E-state index contributed by atoms with van der Waals surface area (Å²) in [4.78, 5) is 34.3. The Hall–Kier alpha value is -3.22. The molecule has 1 aliphatic carbocycles. The third kappa shape index (κ3) is 8.81. The first kappa shape index (κ1) is 28.0. The molecule has 1 aliphatic rings. The number of amides is 1. The zero-order valence-corrected chi connectivity index (χ0v) is 22.5. The van der Waals surface area contributed by atoms with Crippen molar-refractivity contribution < 1.29 is 9.59 Å². The van der Waals surface area contributed by atoms with Crippen LogP contribution in [-0.2, 0) is 9.59 Å². The Kier molecular flexibility index (Phi) is 10.4. The molecule has 0 atom stereocenters. The number of carbonyl (C=O) groups excluding carboxylic acids is 2. The minimum Gasteiger partial charge on any atom is -0.362 e. The van der Waals surface area contributed by atoms with Crippen molar-refractivity contribution in [2.45, 2.75) is 73.3 Å². The van der Waals surface area contributed by atoms with Crippen LogP contribution in [0.15, 0.2) is 47.3 Å². The van der Waals surface area contributed by atoms with Crippen LogP contribution in [0.2, 0.25) is 0 Å². The standard InChI is InChI=1S/C17H28N2O2.C11H13N3/c1-11(2)16(18-13(4)10-14(5)20)17(21)19-15-8-6-12(3)7-9-15;1-8-12-10-7-5-4-6-9(10)11(13-8)14(2)3/h10,12,15,18H,6-9H2,1-5H3,(H,19,21);4-7H,1-3H3/b13-10+;. The van der Waals surface area contributed by atoms with Gasteiger partial charge in [-0.3, -0.25) is 9.59 Å². The highest BCUT2D eigenvalue weighted by atomic mass is 16.2. The fraction of sp³-hybridized carbons (Fsp3) is 0.500. The van der Waals surface area contributed by atoms with Crippen LogP contribution >= 0.6 is 0 Å². The molecule has 1 saturated carbocycles. The van der Waals surface area contributed by atoms with E-state index in [0.717, 1.165) is 46.9 Å². The van der Waals surface area contributed by atoms with Gasteiger partial charge in [0.2, 0.25) is 0 Å². The molecule has 1 aromatic carbocycles. The molecule has 0 saturated heterocycles. The molecular weight excluding hydrogens is 438 g/mol. The van der Waals surface area contributed by atoms with Crippen LogP contribution in [0.3, 0.4) is 0 Å². The number of anilines is 1. The lowest BCUT2D eigenvalue weighted by Gasteiger charge is -2.27. The summed E-state index contributed by atoms with van der Waals surface area (Å²) in [7, 11) is 3.99. The number of ketones is 1. The van der Waals surface area contributed by atoms with Crippen molar-refractivity contribution in [1.82, 2.24) is 20.6 Å². The van der Waals surface area contributed by atoms with Crippen LogP contribution < -0.4 is 15.5 Å². The van der Waals surface area contributed by atoms with Crippen LogP contribution in [0.5, 0.6) is 0 Å². The van der Waals surface area contributed by atoms with E-state index >= 15 is 0 Å². The molecule has 1 amide bonds. The van der Waals surface area contributed by atoms with Gasteiger partial charge in [0.1, 0.15) is 17.3 Å². The Morgan fingerprint density at radius 2 is 1.63 bits per heavy atom. The van der Waals surface area contributed by atoms with Gasteiger partial charge < -0.3 is 15.5 Å². The van der Waals surface area contributed by atoms with Gasteiger partial charge in [0.25, 0.3) is 5.91 Å². The predicted octanol–water partition coefficient (Wildman–Crippen LogP) is 5.06. The number of aromatic nitrogens is 2. The zero-order valence-electron chi connectivity index (χ0n) is 22.5. The summed E-state index contributed by atoms with van der Waals surface area (Å²) in [6.45, 7) is 11.3. The van der Waals surface area contributed by atoms with Gasteiger partial charge >= 0.3 is 0 Å². The highest BCUT2D eigenvalue weighted by molar-refractivity contribution is 5.94. The maximum Gasteiger partial charge on any atom is 0.267 e. The van der Waals surface area contributed by atoms with Crippen LogP contribution in [0, 0.1) is 12.8 Å². The largest absolute Gasteiger partial charge is 0.362 e. The molecule has 0 bridgehead atoms. The fourth-order valence-electron chi connectivity index (χ4n) is 4.12. The number of benzene rings is 1. The molecule has 0 unspecified atom stereocenters. The minimum atomic E-state index is -0.0779. The molecule has 3 rings (SSSR count). The molecule has 0 aliphatic heterocycles. The van der Waals surface area contributed by atoms with Crippen LogP contribution in [0.25, 0.3) is 10.9 Å². The summed E-state index contributed by atoms with van der Waals surface area (Å²) in [5.41, 5.74) is 3.14. The van der Waals surface area contributed by atoms with Crippen LogP contribution in [0.4, 0.5) is 5.82 Å². The first-order valence-electron chi connectivity index (χ1n) is 12.3. The highest BCUT2D eigenvalue weighted by Crippen LogP contribution is 2.24. The molecule has 190 valence electrons. The summed E-state index contributed by atoms with van der Waals surface area (Å²) in [5.74, 6) is 2.45. The number of hydrogen-bond donors (Lipinski definition) is 2. The third-order valence-corrected chi connectivity index (χ3v) is 5.94. The van der Waals surface area contributed by atoms with E-state index in [2.05, 4.69) is 27.5 Å². The number of aryl methyl sites for hydroxylation is 1. The lowest BCUT2D eigenvalue weighted by Crippen LogP contribution is -2.41. The number of para-hydroxylation sites is 1. The summed E-state index contributed by atoms with van der Waals surface area (Å²) < 4.78 is 0. The van der Waals surface area contributed by atoms with E-state index in [-0.39, 0.29) is 17.7 Å². The molecule has 1 fully saturated rings. The predicted molar refractivity (Wildman–Crippen MR) is 144 cm³/mol. The maximum absolute atomic E-state index is 12.4. The SMILES string of the molecule is CC(=O)/C=C(\C)NC(C(=O)NC1CCC(C)CC1)=C(C)C.Cc1nc(N(C)C)c2ccccc2n1. The van der Waals surface area contributed by atoms with Crippen molar-refractivity contribution in [1.29, 1.82) is 0 Å². The molecule has 2 aromatic rings. The van der Waals surface area contributed by atoms with Gasteiger partial charge in [-0.1, -0.05) is 19.1 Å². The molecule has 1 aromatic heterocycles. The monoisotopic (exact) mass is 479 g/mol. The minimum absolute atomic E-state index is 0.0326. The quantitative estimate of drug-likeness (QED) is 0.563. The second-order valence-electron chi connectivity index (χ2n) is 9.87. The van der Waals surface area contributed by atoms with E-state index in [1.165, 1.54) is 25.8 Å². The van der Waals surface area contributed by atoms with Crippen molar-refractivity contribution in [3.8, 4) is 0 Å². The first-order chi connectivity index (χ1) is 16.5. The molecule has 0 radical (unpaired) electrons. The summed E-state index contributed by atoms with van der Waals surface area (Å²) in [6.07, 6.45) is 5.94. The average molecular weight is 480 g/mol. The van der Waals surface area contributed by atoms with Crippen molar-refractivity contribution in [3.05, 3.63) is 53.1 Å². The number of allylic oxidation sites excluding steroid dienone is 3. The Morgan fingerprint density at radius 3 is 2.20 bits per heavy atom. The lowest BCUT2D eigenvalue weighted by molar-refractivity contribution is -0.119. The molecule has 2 N–H and O–H groups in total. The summed E-state index contributed by atoms with van der Waals surface area (Å²) >= 11 is 0. The fourth-order valence-corrected chi connectivity index (χ4v) is 4.12. The molecular formula is C28H41N5O2. The van der Waals surface area contributed by atoms with Gasteiger partial charge in [0, 0.05) is 31.2 Å². The van der Waals surface area contributed by atoms with Gasteiger partial charge in [-0.05, 0) is 90.0 Å². The summed E-state index contributed by atoms with van der Waals surface area (Å²) in [6, 6.07) is 8.32. The van der Waals surface area contributed by atoms with Gasteiger partial charge in [0.05, 0.1) is 5.52 Å². The molecule has 1 heterocycles. The molecule has 7 nitrogen and oxygen atoms in total. The van der Waals surface area contributed by atoms with Crippen molar-refractivity contribution in [2.75, 3.05) is 19.0 Å². The Labute approximate surface area is 210 Å². The van der Waals surface area contributed by atoms with Gasteiger partial charge in [0.15, 0.2) is 5.78 Å². The molecule has 35 heavy (non-hydrogen) atoms. The molecule has 0 spiro atoms. The third-order valence-electron chi connectivity index (χ3n) is 5.94. The number of fused-ring (bicyclic) bond motifs is 1. The Bertz CT molecular complexity index is 1090. The van der Waals surface area contributed by atoms with Gasteiger partial charge in [-0.15, -0.1) is 0 Å². The summed E-state index contributed by atoms with van der Waals surface area (Å²) in [5, 5.41) is 7.26. The second kappa shape index (κ2) is 13.0. The number of hydrogen-bond acceptors (Lipinski definition) is 6.